The van der Waals surface area contributed by atoms with Gasteiger partial charge in [0.25, 0.3) is 0 Å². The monoisotopic (exact) mass is 461 g/mol. The number of aromatic nitrogens is 2. The van der Waals surface area contributed by atoms with Gasteiger partial charge in [-0.05, 0) is 69.2 Å². The first-order valence-electron chi connectivity index (χ1n) is 11.2. The molecule has 3 aromatic rings. The van der Waals surface area contributed by atoms with Gasteiger partial charge >= 0.3 is 11.9 Å². The first kappa shape index (κ1) is 23.2. The molecule has 8 heteroatoms. The molecule has 2 aromatic heterocycles. The van der Waals surface area contributed by atoms with Crippen LogP contribution in [0, 0.1) is 13.8 Å². The van der Waals surface area contributed by atoms with E-state index in [2.05, 4.69) is 9.88 Å². The normalized spacial score (nSPS) is 13.1. The Labute approximate surface area is 198 Å². The molecule has 176 valence electrons. The molecule has 1 aromatic carbocycles. The van der Waals surface area contributed by atoms with Gasteiger partial charge in [-0.25, -0.2) is 14.6 Å². The molecule has 1 aliphatic rings. The summed E-state index contributed by atoms with van der Waals surface area (Å²) in [5.74, 6) is -0.654. The quantitative estimate of drug-likeness (QED) is 0.389. The number of nitrogens with zero attached hydrogens (tertiary/aromatic N) is 3. The number of anilines is 1. The molecule has 34 heavy (non-hydrogen) atoms. The fourth-order valence-corrected chi connectivity index (χ4v) is 4.33. The lowest BCUT2D eigenvalue weighted by Gasteiger charge is -2.18. The van der Waals surface area contributed by atoms with E-state index < -0.39 is 11.9 Å². The number of Topliss-reactive ketones (excluding diaryl/α,β-unsaturated/α-hetero) is 1. The summed E-state index contributed by atoms with van der Waals surface area (Å²) in [6.45, 7) is 5.06. The first-order valence-corrected chi connectivity index (χ1v) is 11.2. The number of aryl methyl sites for hydroxylation is 1. The van der Waals surface area contributed by atoms with Gasteiger partial charge in [0.1, 0.15) is 11.4 Å². The third kappa shape index (κ3) is 4.57. The second-order valence-electron chi connectivity index (χ2n) is 8.23. The van der Waals surface area contributed by atoms with E-state index in [1.807, 2.05) is 18.4 Å². The van der Waals surface area contributed by atoms with Crippen molar-refractivity contribution in [3.05, 3.63) is 76.7 Å². The number of pyridine rings is 1. The Morgan fingerprint density at radius 1 is 0.971 bits per heavy atom. The van der Waals surface area contributed by atoms with Gasteiger partial charge in [0.15, 0.2) is 6.61 Å². The zero-order valence-electron chi connectivity index (χ0n) is 19.5. The molecular weight excluding hydrogens is 434 g/mol. The molecular formula is C26H27N3O5. The second kappa shape index (κ2) is 9.91. The zero-order valence-corrected chi connectivity index (χ0v) is 19.5. The van der Waals surface area contributed by atoms with Gasteiger partial charge in [0.05, 0.1) is 12.7 Å². The van der Waals surface area contributed by atoms with Crippen molar-refractivity contribution < 1.29 is 23.9 Å². The van der Waals surface area contributed by atoms with Crippen molar-refractivity contribution in [3.63, 3.8) is 0 Å². The zero-order chi connectivity index (χ0) is 24.2. The number of hydrogen-bond donors (Lipinski definition) is 0. The number of methoxy groups -OCH3 is 1. The summed E-state index contributed by atoms with van der Waals surface area (Å²) in [4.78, 5) is 43.8. The van der Waals surface area contributed by atoms with Gasteiger partial charge < -0.3 is 18.9 Å². The Morgan fingerprint density at radius 3 is 2.35 bits per heavy atom. The molecule has 1 aliphatic heterocycles. The van der Waals surface area contributed by atoms with Crippen molar-refractivity contribution in [1.29, 1.82) is 0 Å². The SMILES string of the molecule is COC(=O)c1ccc(-n2c(C)cc(C(=O)COC(=O)c3cccnc3N3CCCC3)c2C)cc1. The largest absolute Gasteiger partial charge is 0.465 e. The van der Waals surface area contributed by atoms with E-state index in [-0.39, 0.29) is 12.4 Å². The molecule has 0 bridgehead atoms. The maximum absolute atomic E-state index is 12.9. The number of carbonyl (C=O) groups excluding carboxylic acids is 3. The average molecular weight is 462 g/mol. The van der Waals surface area contributed by atoms with Crippen molar-refractivity contribution in [2.75, 3.05) is 31.7 Å². The van der Waals surface area contributed by atoms with Crippen LogP contribution in [0.1, 0.15) is 55.3 Å². The Hall–Kier alpha value is -3.94. The molecule has 0 radical (unpaired) electrons. The third-order valence-corrected chi connectivity index (χ3v) is 6.02. The molecule has 1 fully saturated rings. The van der Waals surface area contributed by atoms with Gasteiger partial charge in [-0.1, -0.05) is 0 Å². The molecule has 0 saturated carbocycles. The van der Waals surface area contributed by atoms with E-state index in [0.29, 0.717) is 22.5 Å². The summed E-state index contributed by atoms with van der Waals surface area (Å²) in [7, 11) is 1.34. The van der Waals surface area contributed by atoms with Crippen LogP contribution in [0.3, 0.4) is 0 Å². The summed E-state index contributed by atoms with van der Waals surface area (Å²) in [6.07, 6.45) is 3.78. The molecule has 8 nitrogen and oxygen atoms in total. The van der Waals surface area contributed by atoms with Crippen LogP contribution in [0.15, 0.2) is 48.7 Å². The van der Waals surface area contributed by atoms with Crippen LogP contribution in [-0.2, 0) is 9.47 Å². The Balaban J connectivity index is 1.49. The summed E-state index contributed by atoms with van der Waals surface area (Å²) in [5, 5.41) is 0. The Morgan fingerprint density at radius 2 is 1.68 bits per heavy atom. The topological polar surface area (TPSA) is 90.7 Å². The standard InChI is InChI=1S/C26H27N3O5/c1-17-15-22(18(2)29(17)20-10-8-19(9-11-20)25(31)33-3)23(30)16-34-26(32)21-7-6-12-27-24(21)28-13-4-5-14-28/h6-12,15H,4-5,13-14,16H2,1-3H3. The minimum Gasteiger partial charge on any atom is -0.465 e. The smallest absolute Gasteiger partial charge is 0.342 e. The highest BCUT2D eigenvalue weighted by Crippen LogP contribution is 2.24. The molecule has 0 atom stereocenters. The number of hydrogen-bond acceptors (Lipinski definition) is 7. The fraction of sp³-hybridized carbons (Fsp3) is 0.308. The molecule has 0 amide bonds. The third-order valence-electron chi connectivity index (χ3n) is 6.02. The Kier molecular flexibility index (Phi) is 6.77. The average Bonchev–Trinajstić information content (AvgIpc) is 3.50. The van der Waals surface area contributed by atoms with E-state index in [1.165, 1.54) is 7.11 Å². The van der Waals surface area contributed by atoms with Crippen LogP contribution >= 0.6 is 0 Å². The summed E-state index contributed by atoms with van der Waals surface area (Å²) in [5.41, 5.74) is 3.68. The fourth-order valence-electron chi connectivity index (χ4n) is 4.33. The van der Waals surface area contributed by atoms with Gasteiger partial charge in [-0.3, -0.25) is 4.79 Å². The number of benzene rings is 1. The highest BCUT2D eigenvalue weighted by molar-refractivity contribution is 6.01. The molecule has 3 heterocycles. The number of carbonyl (C=O) groups is 3. The Bertz CT molecular complexity index is 1220. The van der Waals surface area contributed by atoms with E-state index in [9.17, 15) is 14.4 Å². The van der Waals surface area contributed by atoms with Crippen molar-refractivity contribution >= 4 is 23.5 Å². The lowest BCUT2D eigenvalue weighted by atomic mass is 10.1. The van der Waals surface area contributed by atoms with Crippen molar-refractivity contribution in [2.24, 2.45) is 0 Å². The molecule has 1 saturated heterocycles. The summed E-state index contributed by atoms with van der Waals surface area (Å²) in [6, 6.07) is 12.1. The van der Waals surface area contributed by atoms with Crippen LogP contribution in [0.2, 0.25) is 0 Å². The summed E-state index contributed by atoms with van der Waals surface area (Å²) >= 11 is 0. The van der Waals surface area contributed by atoms with Crippen LogP contribution in [0.5, 0.6) is 0 Å². The van der Waals surface area contributed by atoms with E-state index in [4.69, 9.17) is 9.47 Å². The molecule has 0 unspecified atom stereocenters. The number of ether oxygens (including phenoxy) is 2. The number of rotatable bonds is 7. The van der Waals surface area contributed by atoms with E-state index in [1.54, 1.807) is 48.7 Å². The number of ketones is 1. The lowest BCUT2D eigenvalue weighted by molar-refractivity contribution is 0.0474. The first-order chi connectivity index (χ1) is 16.4. The van der Waals surface area contributed by atoms with Crippen LogP contribution < -0.4 is 4.90 Å². The van der Waals surface area contributed by atoms with Crippen molar-refractivity contribution in [1.82, 2.24) is 9.55 Å². The molecule has 4 rings (SSSR count). The van der Waals surface area contributed by atoms with Crippen molar-refractivity contribution in [3.8, 4) is 5.69 Å². The number of esters is 2. The van der Waals surface area contributed by atoms with Crippen LogP contribution in [0.25, 0.3) is 5.69 Å². The van der Waals surface area contributed by atoms with Crippen LogP contribution in [-0.4, -0.2) is 54.1 Å². The van der Waals surface area contributed by atoms with E-state index >= 15 is 0 Å². The second-order valence-corrected chi connectivity index (χ2v) is 8.23. The predicted molar refractivity (Wildman–Crippen MR) is 127 cm³/mol. The maximum Gasteiger partial charge on any atom is 0.342 e. The van der Waals surface area contributed by atoms with Gasteiger partial charge in [0.2, 0.25) is 5.78 Å². The summed E-state index contributed by atoms with van der Waals surface area (Å²) < 4.78 is 12.1. The maximum atomic E-state index is 12.9. The molecule has 0 aliphatic carbocycles. The minimum atomic E-state index is -0.560. The van der Waals surface area contributed by atoms with Gasteiger partial charge in [-0.15, -0.1) is 0 Å². The van der Waals surface area contributed by atoms with Gasteiger partial charge in [0, 0.05) is 41.9 Å². The van der Waals surface area contributed by atoms with E-state index in [0.717, 1.165) is 43.0 Å². The van der Waals surface area contributed by atoms with Gasteiger partial charge in [-0.2, -0.15) is 0 Å². The minimum absolute atomic E-state index is 0.287. The predicted octanol–water partition coefficient (Wildman–Crippen LogP) is 3.92. The molecule has 0 N–H and O–H groups in total. The van der Waals surface area contributed by atoms with Crippen LogP contribution in [0.4, 0.5) is 5.82 Å². The highest BCUT2D eigenvalue weighted by Gasteiger charge is 2.23. The van der Waals surface area contributed by atoms with Crippen molar-refractivity contribution in [2.45, 2.75) is 26.7 Å². The molecule has 0 spiro atoms. The highest BCUT2D eigenvalue weighted by atomic mass is 16.5. The lowest BCUT2D eigenvalue weighted by Crippen LogP contribution is -2.23.